The summed E-state index contributed by atoms with van der Waals surface area (Å²) < 4.78 is 30.5. The van der Waals surface area contributed by atoms with E-state index >= 15 is 0 Å². The zero-order valence-electron chi connectivity index (χ0n) is 15.0. The normalized spacial score (nSPS) is 13.8. The van der Waals surface area contributed by atoms with Gasteiger partial charge in [0, 0.05) is 0 Å². The molecule has 0 saturated heterocycles. The van der Waals surface area contributed by atoms with Crippen molar-refractivity contribution in [3.8, 4) is 0 Å². The molecule has 0 heterocycles. The van der Waals surface area contributed by atoms with Crippen molar-refractivity contribution in [3.05, 3.63) is 42.0 Å². The fourth-order valence-electron chi connectivity index (χ4n) is 2.61. The third-order valence-corrected chi connectivity index (χ3v) is 6.18. The summed E-state index contributed by atoms with van der Waals surface area (Å²) in [7, 11) is -2.27. The molecule has 0 amide bonds. The Morgan fingerprint density at radius 3 is 2.38 bits per heavy atom. The SMILES string of the molecule is COC(=O)CC(CC(C)CCC=C(C)C)S(=O)(=O)c1ccccc1. The summed E-state index contributed by atoms with van der Waals surface area (Å²) in [6, 6.07) is 8.32. The van der Waals surface area contributed by atoms with E-state index in [4.69, 9.17) is 4.74 Å². The van der Waals surface area contributed by atoms with E-state index in [-0.39, 0.29) is 17.2 Å². The third-order valence-electron chi connectivity index (χ3n) is 4.01. The molecule has 0 bridgehead atoms. The number of sulfone groups is 1. The maximum Gasteiger partial charge on any atom is 0.306 e. The van der Waals surface area contributed by atoms with Crippen LogP contribution in [0.4, 0.5) is 0 Å². The molecule has 0 fully saturated rings. The van der Waals surface area contributed by atoms with Gasteiger partial charge in [0.15, 0.2) is 9.84 Å². The van der Waals surface area contributed by atoms with Crippen molar-refractivity contribution in [3.63, 3.8) is 0 Å². The molecule has 2 unspecified atom stereocenters. The number of esters is 1. The fourth-order valence-corrected chi connectivity index (χ4v) is 4.47. The van der Waals surface area contributed by atoms with Gasteiger partial charge in [-0.05, 0) is 51.2 Å². The van der Waals surface area contributed by atoms with Crippen molar-refractivity contribution in [1.29, 1.82) is 0 Å². The molecule has 0 spiro atoms. The molecule has 24 heavy (non-hydrogen) atoms. The Kier molecular flexibility index (Phi) is 8.19. The summed E-state index contributed by atoms with van der Waals surface area (Å²) in [5, 5.41) is -0.756. The quantitative estimate of drug-likeness (QED) is 0.494. The smallest absolute Gasteiger partial charge is 0.306 e. The third kappa shape index (κ3) is 6.48. The molecular formula is C19H28O4S. The van der Waals surface area contributed by atoms with Gasteiger partial charge in [-0.15, -0.1) is 0 Å². The molecule has 134 valence electrons. The number of hydrogen-bond donors (Lipinski definition) is 0. The molecule has 0 radical (unpaired) electrons. The van der Waals surface area contributed by atoms with E-state index in [0.717, 1.165) is 12.8 Å². The Morgan fingerprint density at radius 1 is 1.21 bits per heavy atom. The van der Waals surface area contributed by atoms with Gasteiger partial charge in [-0.1, -0.05) is 36.8 Å². The Hall–Kier alpha value is -1.62. The highest BCUT2D eigenvalue weighted by molar-refractivity contribution is 7.92. The van der Waals surface area contributed by atoms with E-state index in [2.05, 4.69) is 6.08 Å². The Labute approximate surface area is 145 Å². The van der Waals surface area contributed by atoms with Crippen molar-refractivity contribution in [2.24, 2.45) is 5.92 Å². The van der Waals surface area contributed by atoms with E-state index in [1.165, 1.54) is 12.7 Å². The summed E-state index contributed by atoms with van der Waals surface area (Å²) in [6.07, 6.45) is 4.30. The molecule has 5 heteroatoms. The highest BCUT2D eigenvalue weighted by Gasteiger charge is 2.31. The largest absolute Gasteiger partial charge is 0.469 e. The zero-order valence-corrected chi connectivity index (χ0v) is 15.8. The van der Waals surface area contributed by atoms with Crippen LogP contribution in [0.2, 0.25) is 0 Å². The number of carbonyl (C=O) groups excluding carboxylic acids is 1. The van der Waals surface area contributed by atoms with Crippen molar-refractivity contribution >= 4 is 15.8 Å². The molecule has 0 aliphatic carbocycles. The van der Waals surface area contributed by atoms with E-state index in [1.807, 2.05) is 20.8 Å². The number of rotatable bonds is 9. The minimum atomic E-state index is -3.56. The minimum Gasteiger partial charge on any atom is -0.469 e. The molecular weight excluding hydrogens is 324 g/mol. The first-order valence-corrected chi connectivity index (χ1v) is 9.81. The number of carbonyl (C=O) groups is 1. The topological polar surface area (TPSA) is 60.4 Å². The van der Waals surface area contributed by atoms with Crippen LogP contribution >= 0.6 is 0 Å². The Morgan fingerprint density at radius 2 is 1.83 bits per heavy atom. The highest BCUT2D eigenvalue weighted by Crippen LogP contribution is 2.26. The lowest BCUT2D eigenvalue weighted by molar-refractivity contribution is -0.140. The molecule has 1 aromatic carbocycles. The average molecular weight is 352 g/mol. The molecule has 1 rings (SSSR count). The standard InChI is InChI=1S/C19H28O4S/c1-15(2)9-8-10-16(3)13-18(14-19(20)23-4)24(21,22)17-11-6-5-7-12-17/h5-7,9,11-12,16,18H,8,10,13-14H2,1-4H3. The lowest BCUT2D eigenvalue weighted by Crippen LogP contribution is -2.27. The molecule has 0 aliphatic heterocycles. The molecule has 0 N–H and O–H groups in total. The molecule has 0 aliphatic rings. The van der Waals surface area contributed by atoms with Crippen molar-refractivity contribution in [1.82, 2.24) is 0 Å². The number of ether oxygens (including phenoxy) is 1. The summed E-state index contributed by atoms with van der Waals surface area (Å²) >= 11 is 0. The van der Waals surface area contributed by atoms with Gasteiger partial charge in [-0.2, -0.15) is 0 Å². The van der Waals surface area contributed by atoms with Gasteiger partial charge in [-0.3, -0.25) is 4.79 Å². The maximum absolute atomic E-state index is 12.9. The maximum atomic E-state index is 12.9. The summed E-state index contributed by atoms with van der Waals surface area (Å²) in [5.74, 6) is -0.287. The highest BCUT2D eigenvalue weighted by atomic mass is 32.2. The molecule has 4 nitrogen and oxygen atoms in total. The Bertz CT molecular complexity index is 643. The van der Waals surface area contributed by atoms with Crippen molar-refractivity contribution in [2.75, 3.05) is 7.11 Å². The van der Waals surface area contributed by atoms with Crippen LogP contribution in [0, 0.1) is 5.92 Å². The average Bonchev–Trinajstić information content (AvgIpc) is 2.54. The predicted octanol–water partition coefficient (Wildman–Crippen LogP) is 4.16. The van der Waals surface area contributed by atoms with E-state index in [9.17, 15) is 13.2 Å². The second-order valence-electron chi connectivity index (χ2n) is 6.46. The number of methoxy groups -OCH3 is 1. The summed E-state index contributed by atoms with van der Waals surface area (Å²) in [5.41, 5.74) is 1.25. The summed E-state index contributed by atoms with van der Waals surface area (Å²) in [6.45, 7) is 6.12. The fraction of sp³-hybridized carbons (Fsp3) is 0.526. The zero-order chi connectivity index (χ0) is 18.2. The molecule has 0 saturated carbocycles. The lowest BCUT2D eigenvalue weighted by Gasteiger charge is -2.20. The van der Waals surface area contributed by atoms with E-state index < -0.39 is 21.1 Å². The van der Waals surface area contributed by atoms with Gasteiger partial charge >= 0.3 is 5.97 Å². The second-order valence-corrected chi connectivity index (χ2v) is 8.69. The number of benzene rings is 1. The van der Waals surface area contributed by atoms with Crippen molar-refractivity contribution < 1.29 is 17.9 Å². The minimum absolute atomic E-state index is 0.110. The van der Waals surface area contributed by atoms with Crippen LogP contribution < -0.4 is 0 Å². The monoisotopic (exact) mass is 352 g/mol. The second kappa shape index (κ2) is 9.62. The first kappa shape index (κ1) is 20.4. The lowest BCUT2D eigenvalue weighted by atomic mass is 9.98. The summed E-state index contributed by atoms with van der Waals surface area (Å²) in [4.78, 5) is 11.9. The van der Waals surface area contributed by atoms with Gasteiger partial charge in [0.25, 0.3) is 0 Å². The van der Waals surface area contributed by atoms with Gasteiger partial charge in [0.05, 0.1) is 23.7 Å². The van der Waals surface area contributed by atoms with Crippen LogP contribution in [0.5, 0.6) is 0 Å². The van der Waals surface area contributed by atoms with Crippen LogP contribution in [-0.2, 0) is 19.4 Å². The van der Waals surface area contributed by atoms with E-state index in [1.54, 1.807) is 30.3 Å². The van der Waals surface area contributed by atoms with Crippen LogP contribution in [0.25, 0.3) is 0 Å². The van der Waals surface area contributed by atoms with E-state index in [0.29, 0.717) is 6.42 Å². The first-order chi connectivity index (χ1) is 11.3. The van der Waals surface area contributed by atoms with Gasteiger partial charge in [-0.25, -0.2) is 8.42 Å². The van der Waals surface area contributed by atoms with Gasteiger partial charge in [0.1, 0.15) is 0 Å². The molecule has 2 atom stereocenters. The van der Waals surface area contributed by atoms with Crippen LogP contribution in [-0.4, -0.2) is 26.7 Å². The van der Waals surface area contributed by atoms with Crippen molar-refractivity contribution in [2.45, 2.75) is 56.6 Å². The molecule has 1 aromatic rings. The van der Waals surface area contributed by atoms with Gasteiger partial charge < -0.3 is 4.74 Å². The van der Waals surface area contributed by atoms with Crippen LogP contribution in [0.3, 0.4) is 0 Å². The number of allylic oxidation sites excluding steroid dienone is 2. The number of hydrogen-bond acceptors (Lipinski definition) is 4. The van der Waals surface area contributed by atoms with Crippen LogP contribution in [0.1, 0.15) is 46.5 Å². The van der Waals surface area contributed by atoms with Gasteiger partial charge in [0.2, 0.25) is 0 Å². The van der Waals surface area contributed by atoms with Crippen LogP contribution in [0.15, 0.2) is 46.9 Å². The predicted molar refractivity (Wildman–Crippen MR) is 96.5 cm³/mol. The Balaban J connectivity index is 2.92. The molecule has 0 aromatic heterocycles. The first-order valence-electron chi connectivity index (χ1n) is 8.26.